The Labute approximate surface area is 139 Å². The minimum atomic E-state index is -0.295. The molecule has 0 bridgehead atoms. The van der Waals surface area contributed by atoms with Gasteiger partial charge in [-0.15, -0.1) is 0 Å². The molecule has 1 unspecified atom stereocenters. The molecule has 6 heteroatoms. The Morgan fingerprint density at radius 2 is 2.00 bits per heavy atom. The van der Waals surface area contributed by atoms with Crippen molar-refractivity contribution >= 4 is 6.03 Å². The van der Waals surface area contributed by atoms with Gasteiger partial charge in [-0.2, -0.15) is 0 Å². The third-order valence-electron chi connectivity index (χ3n) is 3.88. The molecule has 126 valence electrons. The van der Waals surface area contributed by atoms with E-state index in [4.69, 9.17) is 9.47 Å². The van der Waals surface area contributed by atoms with Crippen molar-refractivity contribution in [2.75, 3.05) is 13.3 Å². The highest BCUT2D eigenvalue weighted by molar-refractivity contribution is 5.74. The number of benzene rings is 2. The van der Waals surface area contributed by atoms with Gasteiger partial charge in [-0.3, -0.25) is 0 Å². The van der Waals surface area contributed by atoms with Crippen LogP contribution < -0.4 is 20.1 Å². The zero-order valence-electron chi connectivity index (χ0n) is 13.3. The second kappa shape index (κ2) is 7.21. The summed E-state index contributed by atoms with van der Waals surface area (Å²) in [5.41, 5.74) is 1.50. The van der Waals surface area contributed by atoms with Gasteiger partial charge in [0.15, 0.2) is 11.5 Å². The molecule has 0 fully saturated rings. The summed E-state index contributed by atoms with van der Waals surface area (Å²) < 4.78 is 24.1. The molecule has 1 aliphatic rings. The lowest BCUT2D eigenvalue weighted by Crippen LogP contribution is -2.38. The van der Waals surface area contributed by atoms with E-state index in [1.54, 1.807) is 18.2 Å². The molecule has 0 spiro atoms. The largest absolute Gasteiger partial charge is 0.454 e. The van der Waals surface area contributed by atoms with E-state index in [2.05, 4.69) is 10.6 Å². The Balaban J connectivity index is 1.48. The third-order valence-corrected chi connectivity index (χ3v) is 3.88. The van der Waals surface area contributed by atoms with Crippen LogP contribution in [-0.2, 0) is 6.42 Å². The summed E-state index contributed by atoms with van der Waals surface area (Å²) in [5.74, 6) is 1.13. The van der Waals surface area contributed by atoms with Gasteiger partial charge in [0, 0.05) is 6.54 Å². The minimum Gasteiger partial charge on any atom is -0.454 e. The highest BCUT2D eigenvalue weighted by Crippen LogP contribution is 2.34. The monoisotopic (exact) mass is 330 g/mol. The van der Waals surface area contributed by atoms with E-state index in [9.17, 15) is 9.18 Å². The van der Waals surface area contributed by atoms with E-state index in [0.717, 1.165) is 5.56 Å². The second-order valence-corrected chi connectivity index (χ2v) is 5.58. The van der Waals surface area contributed by atoms with Crippen LogP contribution in [0, 0.1) is 5.82 Å². The van der Waals surface area contributed by atoms with Crippen LogP contribution in [0.25, 0.3) is 0 Å². The van der Waals surface area contributed by atoms with E-state index >= 15 is 0 Å². The minimum absolute atomic E-state index is 0.187. The van der Waals surface area contributed by atoms with Crippen LogP contribution >= 0.6 is 0 Å². The number of carbonyl (C=O) groups excluding carboxylic acids is 1. The number of fused-ring (bicyclic) bond motifs is 1. The number of hydrogen-bond acceptors (Lipinski definition) is 3. The average molecular weight is 330 g/mol. The molecule has 0 aromatic heterocycles. The topological polar surface area (TPSA) is 59.6 Å². The van der Waals surface area contributed by atoms with Crippen LogP contribution in [0.15, 0.2) is 42.5 Å². The maximum absolute atomic E-state index is 13.5. The third kappa shape index (κ3) is 3.76. The van der Waals surface area contributed by atoms with Crippen LogP contribution in [0.4, 0.5) is 9.18 Å². The first-order valence-electron chi connectivity index (χ1n) is 7.81. The summed E-state index contributed by atoms with van der Waals surface area (Å²) in [6.45, 7) is 2.46. The number of halogens is 1. The Bertz CT molecular complexity index is 736. The summed E-state index contributed by atoms with van der Waals surface area (Å²) in [6, 6.07) is 11.6. The van der Waals surface area contributed by atoms with Crippen LogP contribution in [-0.4, -0.2) is 19.4 Å². The van der Waals surface area contributed by atoms with E-state index in [1.807, 2.05) is 25.1 Å². The number of carbonyl (C=O) groups is 1. The van der Waals surface area contributed by atoms with Gasteiger partial charge in [-0.1, -0.05) is 24.3 Å². The molecule has 2 N–H and O–H groups in total. The van der Waals surface area contributed by atoms with Crippen molar-refractivity contribution in [2.24, 2.45) is 0 Å². The summed E-state index contributed by atoms with van der Waals surface area (Å²) in [7, 11) is 0. The van der Waals surface area contributed by atoms with Gasteiger partial charge >= 0.3 is 6.03 Å². The number of amides is 2. The molecule has 1 aliphatic heterocycles. The summed E-state index contributed by atoms with van der Waals surface area (Å²) in [4.78, 5) is 12.0. The van der Waals surface area contributed by atoms with Crippen LogP contribution in [0.1, 0.15) is 24.1 Å². The van der Waals surface area contributed by atoms with Gasteiger partial charge in [0.25, 0.3) is 0 Å². The maximum atomic E-state index is 13.5. The van der Waals surface area contributed by atoms with Gasteiger partial charge in [0.2, 0.25) is 6.79 Å². The van der Waals surface area contributed by atoms with E-state index in [0.29, 0.717) is 30.0 Å². The molecular formula is C18H19FN2O3. The maximum Gasteiger partial charge on any atom is 0.315 e. The molecule has 2 aromatic carbocycles. The van der Waals surface area contributed by atoms with Crippen molar-refractivity contribution in [3.05, 3.63) is 59.4 Å². The van der Waals surface area contributed by atoms with Crippen molar-refractivity contribution in [3.8, 4) is 11.5 Å². The summed E-state index contributed by atoms with van der Waals surface area (Å²) in [5, 5.41) is 5.59. The molecule has 0 radical (unpaired) electrons. The van der Waals surface area contributed by atoms with Crippen molar-refractivity contribution in [3.63, 3.8) is 0 Å². The first-order valence-corrected chi connectivity index (χ1v) is 7.81. The fourth-order valence-corrected chi connectivity index (χ4v) is 2.53. The van der Waals surface area contributed by atoms with E-state index in [1.165, 1.54) is 6.07 Å². The van der Waals surface area contributed by atoms with Crippen LogP contribution in [0.3, 0.4) is 0 Å². The Morgan fingerprint density at radius 3 is 2.83 bits per heavy atom. The molecule has 2 amide bonds. The number of nitrogens with one attached hydrogen (secondary N) is 2. The van der Waals surface area contributed by atoms with Crippen molar-refractivity contribution in [1.82, 2.24) is 10.6 Å². The lowest BCUT2D eigenvalue weighted by Gasteiger charge is -2.15. The number of hydrogen-bond donors (Lipinski definition) is 2. The van der Waals surface area contributed by atoms with Gasteiger partial charge in [-0.05, 0) is 42.7 Å². The Morgan fingerprint density at radius 1 is 1.21 bits per heavy atom. The predicted octanol–water partition coefficient (Wildman–Crippen LogP) is 3.16. The summed E-state index contributed by atoms with van der Waals surface area (Å²) in [6.07, 6.45) is 0.443. The highest BCUT2D eigenvalue weighted by atomic mass is 19.1. The van der Waals surface area contributed by atoms with Crippen LogP contribution in [0.2, 0.25) is 0 Å². The molecule has 3 rings (SSSR count). The predicted molar refractivity (Wildman–Crippen MR) is 87.6 cm³/mol. The number of ether oxygens (including phenoxy) is 2. The highest BCUT2D eigenvalue weighted by Gasteiger charge is 2.16. The molecule has 1 heterocycles. The molecule has 0 aliphatic carbocycles. The zero-order valence-corrected chi connectivity index (χ0v) is 13.3. The molecule has 0 saturated carbocycles. The first kappa shape index (κ1) is 16.1. The standard InChI is InChI=1S/C18H19FN2O3/c1-12(14-6-7-16-17(10-14)24-11-23-16)21-18(22)20-9-8-13-4-2-3-5-15(13)19/h2-7,10,12H,8-9,11H2,1H3,(H2,20,21,22). The molecule has 24 heavy (non-hydrogen) atoms. The van der Waals surface area contributed by atoms with Crippen molar-refractivity contribution in [2.45, 2.75) is 19.4 Å². The molecule has 0 saturated heterocycles. The molecule has 2 aromatic rings. The molecule has 1 atom stereocenters. The van der Waals surface area contributed by atoms with E-state index < -0.39 is 0 Å². The smallest absolute Gasteiger partial charge is 0.315 e. The first-order chi connectivity index (χ1) is 11.6. The number of rotatable bonds is 5. The van der Waals surface area contributed by atoms with Gasteiger partial charge in [-0.25, -0.2) is 9.18 Å². The Kier molecular flexibility index (Phi) is 4.84. The van der Waals surface area contributed by atoms with Crippen molar-refractivity contribution < 1.29 is 18.7 Å². The molecule has 5 nitrogen and oxygen atoms in total. The quantitative estimate of drug-likeness (QED) is 0.885. The van der Waals surface area contributed by atoms with Gasteiger partial charge < -0.3 is 20.1 Å². The molecular weight excluding hydrogens is 311 g/mol. The fourth-order valence-electron chi connectivity index (χ4n) is 2.53. The number of urea groups is 1. The zero-order chi connectivity index (χ0) is 16.9. The van der Waals surface area contributed by atoms with Gasteiger partial charge in [0.05, 0.1) is 6.04 Å². The second-order valence-electron chi connectivity index (χ2n) is 5.58. The summed E-state index contributed by atoms with van der Waals surface area (Å²) >= 11 is 0. The van der Waals surface area contributed by atoms with Gasteiger partial charge in [0.1, 0.15) is 5.82 Å². The Hall–Kier alpha value is -2.76. The fraction of sp³-hybridized carbons (Fsp3) is 0.278. The van der Waals surface area contributed by atoms with E-state index in [-0.39, 0.29) is 24.7 Å². The van der Waals surface area contributed by atoms with Crippen molar-refractivity contribution in [1.29, 1.82) is 0 Å². The lowest BCUT2D eigenvalue weighted by atomic mass is 10.1. The SMILES string of the molecule is CC(NC(=O)NCCc1ccccc1F)c1ccc2c(c1)OCO2. The lowest BCUT2D eigenvalue weighted by molar-refractivity contribution is 0.174. The normalized spacial score (nSPS) is 13.4. The average Bonchev–Trinajstić information content (AvgIpc) is 3.04. The van der Waals surface area contributed by atoms with Crippen LogP contribution in [0.5, 0.6) is 11.5 Å².